The van der Waals surface area contributed by atoms with E-state index in [2.05, 4.69) is 19.2 Å². The Balaban J connectivity index is 2.24. The number of rotatable bonds is 45. The lowest BCUT2D eigenvalue weighted by molar-refractivity contribution is -0.302. The molecule has 1 fully saturated rings. The summed E-state index contributed by atoms with van der Waals surface area (Å²) in [6.07, 6.45) is 41.1. The minimum Gasteiger partial charge on any atom is -0.394 e. The third-order valence-corrected chi connectivity index (χ3v) is 13.0. The van der Waals surface area contributed by atoms with Crippen LogP contribution in [0, 0.1) is 0 Å². The summed E-state index contributed by atoms with van der Waals surface area (Å²) in [5.41, 5.74) is 0. The fourth-order valence-electron chi connectivity index (χ4n) is 8.75. The van der Waals surface area contributed by atoms with E-state index in [9.17, 15) is 30.3 Å². The minimum atomic E-state index is -1.55. The van der Waals surface area contributed by atoms with Gasteiger partial charge < -0.3 is 40.3 Å². The first-order chi connectivity index (χ1) is 29.3. The summed E-state index contributed by atoms with van der Waals surface area (Å²) >= 11 is 0. The Hall–Kier alpha value is -0.810. The summed E-state index contributed by atoms with van der Waals surface area (Å²) in [4.78, 5) is 13.0. The van der Waals surface area contributed by atoms with E-state index in [1.165, 1.54) is 199 Å². The molecule has 0 bridgehead atoms. The van der Waals surface area contributed by atoms with Crippen LogP contribution in [0.4, 0.5) is 0 Å². The summed E-state index contributed by atoms with van der Waals surface area (Å²) in [6, 6.07) is -0.712. The van der Waals surface area contributed by atoms with Gasteiger partial charge in [-0.25, -0.2) is 0 Å². The maximum absolute atomic E-state index is 13.0. The van der Waals surface area contributed by atoms with E-state index in [1.54, 1.807) is 0 Å². The van der Waals surface area contributed by atoms with Crippen molar-refractivity contribution in [3.8, 4) is 0 Å². The van der Waals surface area contributed by atoms with Crippen molar-refractivity contribution in [3.05, 3.63) is 0 Å². The first kappa shape index (κ1) is 57.2. The maximum Gasteiger partial charge on any atom is 0.220 e. The van der Waals surface area contributed by atoms with Gasteiger partial charge in [-0.15, -0.1) is 0 Å². The van der Waals surface area contributed by atoms with Crippen molar-refractivity contribution in [2.75, 3.05) is 13.2 Å². The standard InChI is InChI=1S/C51H101NO8/c1-3-5-7-9-11-13-15-17-19-21-22-23-24-25-26-28-30-32-34-36-38-40-45(54)44(43-59-51-50(58)49(57)48(56)46(42-53)60-51)52-47(55)41-39-37-35-33-31-29-27-20-18-16-14-12-10-8-6-4-2/h44-46,48-51,53-54,56-58H,3-43H2,1-2H3,(H,52,55). The van der Waals surface area contributed by atoms with Gasteiger partial charge in [0.05, 0.1) is 25.4 Å². The molecule has 1 heterocycles. The van der Waals surface area contributed by atoms with Crippen LogP contribution in [0.2, 0.25) is 0 Å². The molecule has 9 nitrogen and oxygen atoms in total. The quantitative estimate of drug-likeness (QED) is 0.0332. The fraction of sp³-hybridized carbons (Fsp3) is 0.980. The number of aliphatic hydroxyl groups is 5. The zero-order valence-corrected chi connectivity index (χ0v) is 39.5. The number of carbonyl (C=O) groups excluding carboxylic acids is 1. The Kier molecular flexibility index (Phi) is 40.2. The van der Waals surface area contributed by atoms with Crippen LogP contribution in [0.15, 0.2) is 0 Å². The van der Waals surface area contributed by atoms with E-state index in [0.717, 1.165) is 38.5 Å². The van der Waals surface area contributed by atoms with Crippen LogP contribution in [0.3, 0.4) is 0 Å². The number of hydrogen-bond donors (Lipinski definition) is 6. The average molecular weight is 856 g/mol. The van der Waals surface area contributed by atoms with Gasteiger partial charge in [0.2, 0.25) is 5.91 Å². The molecule has 0 aromatic rings. The van der Waals surface area contributed by atoms with Crippen molar-refractivity contribution in [2.24, 2.45) is 0 Å². The predicted octanol–water partition coefficient (Wildman–Crippen LogP) is 11.9. The SMILES string of the molecule is CCCCCCCCCCCCCCCCCCCCCCCC(O)C(COC1OC(CO)C(O)C(O)C1O)NC(=O)CCCCCCCCCCCCCCCCCC. The number of amides is 1. The molecule has 358 valence electrons. The molecule has 1 aliphatic rings. The van der Waals surface area contributed by atoms with Crippen LogP contribution in [0.1, 0.15) is 264 Å². The molecule has 1 rings (SSSR count). The Bertz CT molecular complexity index is 908. The molecular formula is C51H101NO8. The summed E-state index contributed by atoms with van der Waals surface area (Å²) in [5, 5.41) is 54.5. The van der Waals surface area contributed by atoms with Crippen LogP contribution < -0.4 is 5.32 Å². The van der Waals surface area contributed by atoms with Gasteiger partial charge in [0, 0.05) is 6.42 Å². The van der Waals surface area contributed by atoms with E-state index >= 15 is 0 Å². The molecule has 0 radical (unpaired) electrons. The largest absolute Gasteiger partial charge is 0.394 e. The first-order valence-electron chi connectivity index (χ1n) is 26.2. The highest BCUT2D eigenvalue weighted by molar-refractivity contribution is 5.76. The summed E-state index contributed by atoms with van der Waals surface area (Å²) in [6.45, 7) is 3.87. The molecule has 1 amide bonds. The fourth-order valence-corrected chi connectivity index (χ4v) is 8.75. The lowest BCUT2D eigenvalue weighted by Crippen LogP contribution is -2.60. The zero-order valence-electron chi connectivity index (χ0n) is 39.5. The average Bonchev–Trinajstić information content (AvgIpc) is 3.25. The monoisotopic (exact) mass is 856 g/mol. The van der Waals surface area contributed by atoms with Crippen molar-refractivity contribution < 1.29 is 39.8 Å². The van der Waals surface area contributed by atoms with Crippen LogP contribution in [-0.4, -0.2) is 87.5 Å². The molecule has 60 heavy (non-hydrogen) atoms. The van der Waals surface area contributed by atoms with Crippen LogP contribution in [0.5, 0.6) is 0 Å². The van der Waals surface area contributed by atoms with Gasteiger partial charge in [0.1, 0.15) is 24.4 Å². The second kappa shape index (κ2) is 42.2. The van der Waals surface area contributed by atoms with E-state index < -0.39 is 49.5 Å². The Morgan fingerprint density at radius 3 is 1.18 bits per heavy atom. The van der Waals surface area contributed by atoms with Crippen molar-refractivity contribution in [3.63, 3.8) is 0 Å². The first-order valence-corrected chi connectivity index (χ1v) is 26.2. The number of aliphatic hydroxyl groups excluding tert-OH is 5. The Labute approximate surface area is 370 Å². The van der Waals surface area contributed by atoms with E-state index in [1.807, 2.05) is 0 Å². The molecule has 0 aromatic carbocycles. The Morgan fingerprint density at radius 2 is 0.833 bits per heavy atom. The third kappa shape index (κ3) is 31.9. The molecule has 1 saturated heterocycles. The van der Waals surface area contributed by atoms with Crippen LogP contribution in [0.25, 0.3) is 0 Å². The highest BCUT2D eigenvalue weighted by Gasteiger charge is 2.44. The number of nitrogens with one attached hydrogen (secondary N) is 1. The third-order valence-electron chi connectivity index (χ3n) is 13.0. The molecule has 7 unspecified atom stereocenters. The summed E-state index contributed by atoms with van der Waals surface area (Å²) in [5.74, 6) is -0.138. The van der Waals surface area contributed by atoms with Crippen LogP contribution in [-0.2, 0) is 14.3 Å². The van der Waals surface area contributed by atoms with E-state index in [0.29, 0.717) is 12.8 Å². The molecule has 0 spiro atoms. The lowest BCUT2D eigenvalue weighted by atomic mass is 9.99. The van der Waals surface area contributed by atoms with E-state index in [4.69, 9.17) is 9.47 Å². The number of unbranched alkanes of at least 4 members (excludes halogenated alkanes) is 35. The van der Waals surface area contributed by atoms with Crippen LogP contribution >= 0.6 is 0 Å². The topological polar surface area (TPSA) is 149 Å². The molecular weight excluding hydrogens is 755 g/mol. The minimum absolute atomic E-state index is 0.131. The van der Waals surface area contributed by atoms with Crippen molar-refractivity contribution >= 4 is 5.91 Å². The van der Waals surface area contributed by atoms with Gasteiger partial charge in [-0.05, 0) is 12.8 Å². The van der Waals surface area contributed by atoms with E-state index in [-0.39, 0.29) is 12.5 Å². The highest BCUT2D eigenvalue weighted by atomic mass is 16.7. The maximum atomic E-state index is 13.0. The summed E-state index contributed by atoms with van der Waals surface area (Å²) < 4.78 is 11.3. The van der Waals surface area contributed by atoms with Gasteiger partial charge in [0.25, 0.3) is 0 Å². The molecule has 0 saturated carbocycles. The van der Waals surface area contributed by atoms with Gasteiger partial charge >= 0.3 is 0 Å². The van der Waals surface area contributed by atoms with Gasteiger partial charge in [-0.2, -0.15) is 0 Å². The molecule has 0 aromatic heterocycles. The summed E-state index contributed by atoms with van der Waals surface area (Å²) in [7, 11) is 0. The van der Waals surface area contributed by atoms with Gasteiger partial charge in [0.15, 0.2) is 6.29 Å². The zero-order chi connectivity index (χ0) is 43.7. The highest BCUT2D eigenvalue weighted by Crippen LogP contribution is 2.23. The molecule has 9 heteroatoms. The van der Waals surface area contributed by atoms with Crippen molar-refractivity contribution in [1.82, 2.24) is 5.32 Å². The lowest BCUT2D eigenvalue weighted by Gasteiger charge is -2.40. The number of ether oxygens (including phenoxy) is 2. The molecule has 7 atom stereocenters. The van der Waals surface area contributed by atoms with Crippen molar-refractivity contribution in [1.29, 1.82) is 0 Å². The van der Waals surface area contributed by atoms with Gasteiger partial charge in [-0.1, -0.05) is 245 Å². The van der Waals surface area contributed by atoms with Crippen molar-refractivity contribution in [2.45, 2.75) is 307 Å². The number of carbonyl (C=O) groups is 1. The molecule has 6 N–H and O–H groups in total. The Morgan fingerprint density at radius 1 is 0.500 bits per heavy atom. The normalized spacial score (nSPS) is 20.4. The molecule has 1 aliphatic heterocycles. The second-order valence-electron chi connectivity index (χ2n) is 18.7. The smallest absolute Gasteiger partial charge is 0.220 e. The van der Waals surface area contributed by atoms with Gasteiger partial charge in [-0.3, -0.25) is 4.79 Å². The molecule has 0 aliphatic carbocycles. The second-order valence-corrected chi connectivity index (χ2v) is 18.7. The predicted molar refractivity (Wildman–Crippen MR) is 249 cm³/mol. The number of hydrogen-bond acceptors (Lipinski definition) is 8.